The molecule has 0 aliphatic carbocycles. The van der Waals surface area contributed by atoms with Crippen LogP contribution in [0.5, 0.6) is 11.5 Å². The molecule has 0 aliphatic rings. The zero-order chi connectivity index (χ0) is 19.1. The molecule has 2 N–H and O–H groups in total. The number of rotatable bonds is 6. The normalized spacial score (nSPS) is 11.4. The lowest BCUT2D eigenvalue weighted by atomic mass is 10.1. The van der Waals surface area contributed by atoms with Gasteiger partial charge in [0.25, 0.3) is 5.91 Å². The Labute approximate surface area is 155 Å². The number of halogens is 2. The molecule has 0 heterocycles. The topological polar surface area (TPSA) is 76.7 Å². The zero-order valence-electron chi connectivity index (χ0n) is 14.2. The van der Waals surface area contributed by atoms with E-state index in [-0.39, 0.29) is 6.42 Å². The van der Waals surface area contributed by atoms with Gasteiger partial charge in [-0.2, -0.15) is 0 Å². The standard InChI is InChI=1S/C18H18ClFN2O4/c1-11(26-15-6-4-14(20)5-7-15)18(24)22-21-17(23)10-12-9-13(19)3-8-16(12)25-2/h3-9,11H,10H2,1-2H3,(H,21,23)(H,22,24)/t11-/m1/s1. The third kappa shape index (κ3) is 5.63. The maximum absolute atomic E-state index is 12.9. The number of carbonyl (C=O) groups excluding carboxylic acids is 2. The molecule has 0 bridgehead atoms. The molecule has 0 fully saturated rings. The van der Waals surface area contributed by atoms with Gasteiger partial charge in [-0.25, -0.2) is 4.39 Å². The molecule has 0 aromatic heterocycles. The van der Waals surface area contributed by atoms with E-state index < -0.39 is 23.7 Å². The lowest BCUT2D eigenvalue weighted by Gasteiger charge is -2.15. The van der Waals surface area contributed by atoms with Crippen LogP contribution in [-0.4, -0.2) is 25.0 Å². The smallest absolute Gasteiger partial charge is 0.279 e. The molecule has 0 aliphatic heterocycles. The van der Waals surface area contributed by atoms with Crippen molar-refractivity contribution in [2.75, 3.05) is 7.11 Å². The fourth-order valence-electron chi connectivity index (χ4n) is 2.11. The molecule has 8 heteroatoms. The lowest BCUT2D eigenvalue weighted by molar-refractivity contribution is -0.132. The van der Waals surface area contributed by atoms with Gasteiger partial charge in [-0.05, 0) is 49.4 Å². The fourth-order valence-corrected chi connectivity index (χ4v) is 2.30. The summed E-state index contributed by atoms with van der Waals surface area (Å²) < 4.78 is 23.4. The Morgan fingerprint density at radius 3 is 2.50 bits per heavy atom. The number of hydrogen-bond acceptors (Lipinski definition) is 4. The number of methoxy groups -OCH3 is 1. The average molecular weight is 381 g/mol. The number of ether oxygens (including phenoxy) is 2. The van der Waals surface area contributed by atoms with Crippen LogP contribution in [0.3, 0.4) is 0 Å². The third-order valence-corrected chi connectivity index (χ3v) is 3.65. The predicted octanol–water partition coefficient (Wildman–Crippen LogP) is 2.65. The zero-order valence-corrected chi connectivity index (χ0v) is 15.0. The van der Waals surface area contributed by atoms with Gasteiger partial charge in [0.05, 0.1) is 13.5 Å². The molecular formula is C18H18ClFN2O4. The van der Waals surface area contributed by atoms with E-state index in [0.29, 0.717) is 22.1 Å². The van der Waals surface area contributed by atoms with Crippen molar-refractivity contribution in [2.45, 2.75) is 19.4 Å². The monoisotopic (exact) mass is 380 g/mol. The molecule has 2 aromatic carbocycles. The molecule has 0 radical (unpaired) electrons. The second-order valence-electron chi connectivity index (χ2n) is 5.38. The molecule has 0 saturated heterocycles. The molecule has 1 atom stereocenters. The van der Waals surface area contributed by atoms with Crippen molar-refractivity contribution < 1.29 is 23.5 Å². The van der Waals surface area contributed by atoms with Crippen LogP contribution >= 0.6 is 11.6 Å². The van der Waals surface area contributed by atoms with E-state index in [1.165, 1.54) is 38.3 Å². The van der Waals surface area contributed by atoms with Crippen molar-refractivity contribution in [3.05, 3.63) is 58.9 Å². The van der Waals surface area contributed by atoms with Gasteiger partial charge in [0.15, 0.2) is 6.10 Å². The molecule has 26 heavy (non-hydrogen) atoms. The summed E-state index contributed by atoms with van der Waals surface area (Å²) in [5.74, 6) is -0.556. The highest BCUT2D eigenvalue weighted by Gasteiger charge is 2.16. The quantitative estimate of drug-likeness (QED) is 0.755. The number of nitrogens with one attached hydrogen (secondary N) is 2. The molecule has 6 nitrogen and oxygen atoms in total. The number of hydrazine groups is 1. The Morgan fingerprint density at radius 1 is 1.15 bits per heavy atom. The predicted molar refractivity (Wildman–Crippen MR) is 94.5 cm³/mol. The van der Waals surface area contributed by atoms with Crippen LogP contribution in [0.15, 0.2) is 42.5 Å². The van der Waals surface area contributed by atoms with Crippen molar-refractivity contribution in [1.82, 2.24) is 10.9 Å². The summed E-state index contributed by atoms with van der Waals surface area (Å²) in [5, 5.41) is 0.471. The van der Waals surface area contributed by atoms with Crippen molar-refractivity contribution in [3.63, 3.8) is 0 Å². The summed E-state index contributed by atoms with van der Waals surface area (Å²) in [6.07, 6.45) is -0.918. The minimum atomic E-state index is -0.888. The molecule has 2 rings (SSSR count). The first kappa shape index (κ1) is 19.5. The largest absolute Gasteiger partial charge is 0.496 e. The van der Waals surface area contributed by atoms with Gasteiger partial charge >= 0.3 is 0 Å². The van der Waals surface area contributed by atoms with Gasteiger partial charge in [0, 0.05) is 10.6 Å². The molecule has 0 unspecified atom stereocenters. The van der Waals surface area contributed by atoms with E-state index in [2.05, 4.69) is 10.9 Å². The number of hydrogen-bond donors (Lipinski definition) is 2. The van der Waals surface area contributed by atoms with Crippen LogP contribution in [0.4, 0.5) is 4.39 Å². The second-order valence-corrected chi connectivity index (χ2v) is 5.82. The molecule has 0 spiro atoms. The third-order valence-electron chi connectivity index (χ3n) is 3.41. The van der Waals surface area contributed by atoms with E-state index in [9.17, 15) is 14.0 Å². The highest BCUT2D eigenvalue weighted by atomic mass is 35.5. The number of amides is 2. The maximum atomic E-state index is 12.9. The van der Waals surface area contributed by atoms with Gasteiger partial charge in [-0.3, -0.25) is 20.4 Å². The van der Waals surface area contributed by atoms with Crippen LogP contribution in [0.1, 0.15) is 12.5 Å². The summed E-state index contributed by atoms with van der Waals surface area (Å²) in [7, 11) is 1.49. The Hall–Kier alpha value is -2.80. The fraction of sp³-hybridized carbons (Fsp3) is 0.222. The first-order chi connectivity index (χ1) is 12.4. The minimum absolute atomic E-state index is 0.0305. The molecular weight excluding hydrogens is 363 g/mol. The second kappa shape index (κ2) is 9.05. The van der Waals surface area contributed by atoms with Crippen molar-refractivity contribution in [2.24, 2.45) is 0 Å². The minimum Gasteiger partial charge on any atom is -0.496 e. The SMILES string of the molecule is COc1ccc(Cl)cc1CC(=O)NNC(=O)[C@@H](C)Oc1ccc(F)cc1. The van der Waals surface area contributed by atoms with Crippen LogP contribution in [-0.2, 0) is 16.0 Å². The molecule has 2 aromatic rings. The molecule has 2 amide bonds. The summed E-state index contributed by atoms with van der Waals surface area (Å²) in [5.41, 5.74) is 5.16. The van der Waals surface area contributed by atoms with Crippen LogP contribution in [0.25, 0.3) is 0 Å². The van der Waals surface area contributed by atoms with E-state index >= 15 is 0 Å². The van der Waals surface area contributed by atoms with Gasteiger partial charge in [0.1, 0.15) is 17.3 Å². The van der Waals surface area contributed by atoms with Crippen LogP contribution in [0, 0.1) is 5.82 Å². The van der Waals surface area contributed by atoms with Crippen molar-refractivity contribution in [3.8, 4) is 11.5 Å². The van der Waals surface area contributed by atoms with E-state index in [1.807, 2.05) is 0 Å². The maximum Gasteiger partial charge on any atom is 0.279 e. The van der Waals surface area contributed by atoms with Crippen molar-refractivity contribution >= 4 is 23.4 Å². The Balaban J connectivity index is 1.85. The van der Waals surface area contributed by atoms with Gasteiger partial charge in [-0.15, -0.1) is 0 Å². The Bertz CT molecular complexity index is 783. The van der Waals surface area contributed by atoms with Crippen LogP contribution < -0.4 is 20.3 Å². The highest BCUT2D eigenvalue weighted by molar-refractivity contribution is 6.30. The van der Waals surface area contributed by atoms with Gasteiger partial charge < -0.3 is 9.47 Å². The Kier molecular flexibility index (Phi) is 6.80. The number of carbonyl (C=O) groups is 2. The average Bonchev–Trinajstić information content (AvgIpc) is 2.61. The van der Waals surface area contributed by atoms with Crippen molar-refractivity contribution in [1.29, 1.82) is 0 Å². The number of benzene rings is 2. The summed E-state index contributed by atoms with van der Waals surface area (Å²) >= 11 is 5.92. The molecule has 0 saturated carbocycles. The summed E-state index contributed by atoms with van der Waals surface area (Å²) in [6, 6.07) is 10.2. The summed E-state index contributed by atoms with van der Waals surface area (Å²) in [4.78, 5) is 24.0. The van der Waals surface area contributed by atoms with Gasteiger partial charge in [-0.1, -0.05) is 11.6 Å². The highest BCUT2D eigenvalue weighted by Crippen LogP contribution is 2.22. The first-order valence-electron chi connectivity index (χ1n) is 7.72. The molecule has 138 valence electrons. The lowest BCUT2D eigenvalue weighted by Crippen LogP contribution is -2.47. The van der Waals surface area contributed by atoms with E-state index in [4.69, 9.17) is 21.1 Å². The van der Waals surface area contributed by atoms with E-state index in [0.717, 1.165) is 0 Å². The summed E-state index contributed by atoms with van der Waals surface area (Å²) in [6.45, 7) is 1.50. The first-order valence-corrected chi connectivity index (χ1v) is 8.10. The Morgan fingerprint density at radius 2 is 1.85 bits per heavy atom. The van der Waals surface area contributed by atoms with E-state index in [1.54, 1.807) is 18.2 Å². The van der Waals surface area contributed by atoms with Crippen LogP contribution in [0.2, 0.25) is 5.02 Å². The van der Waals surface area contributed by atoms with Gasteiger partial charge in [0.2, 0.25) is 5.91 Å².